The molecule has 0 radical (unpaired) electrons. The number of aromatic nitrogens is 2. The summed E-state index contributed by atoms with van der Waals surface area (Å²) in [5, 5.41) is 0.310. The summed E-state index contributed by atoms with van der Waals surface area (Å²) in [5.41, 5.74) is 0.304. The first-order valence-electron chi connectivity index (χ1n) is 8.59. The van der Waals surface area contributed by atoms with Gasteiger partial charge in [-0.05, 0) is 24.3 Å². The monoisotopic (exact) mass is 401 g/mol. The van der Waals surface area contributed by atoms with Crippen molar-refractivity contribution in [3.05, 3.63) is 101 Å². The smallest absolute Gasteiger partial charge is 0.257 e. The third-order valence-corrected chi connectivity index (χ3v) is 4.62. The van der Waals surface area contributed by atoms with Crippen LogP contribution in [0.4, 0.5) is 8.78 Å². The minimum atomic E-state index is -0.594. The van der Waals surface area contributed by atoms with E-state index in [-0.39, 0.29) is 25.2 Å². The lowest BCUT2D eigenvalue weighted by Gasteiger charge is -2.22. The van der Waals surface area contributed by atoms with Crippen molar-refractivity contribution < 1.29 is 13.6 Å². The fourth-order valence-electron chi connectivity index (χ4n) is 2.84. The first-order chi connectivity index (χ1) is 13.5. The number of carbonyl (C=O) groups excluding carboxylic acids is 1. The number of benzene rings is 2. The van der Waals surface area contributed by atoms with Gasteiger partial charge in [-0.15, -0.1) is 6.58 Å². The molecule has 7 heteroatoms. The lowest BCUT2D eigenvalue weighted by Crippen LogP contribution is -2.32. The Labute approximate surface area is 166 Å². The zero-order valence-electron chi connectivity index (χ0n) is 15.0. The van der Waals surface area contributed by atoms with Gasteiger partial charge in [0.05, 0.1) is 18.7 Å². The van der Waals surface area contributed by atoms with E-state index in [4.69, 9.17) is 11.6 Å². The molecule has 0 bridgehead atoms. The molecule has 3 aromatic rings. The van der Waals surface area contributed by atoms with Crippen LogP contribution in [0.1, 0.15) is 21.7 Å². The van der Waals surface area contributed by atoms with Crippen LogP contribution in [-0.4, -0.2) is 26.9 Å². The van der Waals surface area contributed by atoms with Crippen LogP contribution in [0, 0.1) is 11.6 Å². The maximum atomic E-state index is 14.1. The number of amides is 1. The van der Waals surface area contributed by atoms with Gasteiger partial charge in [-0.1, -0.05) is 35.9 Å². The van der Waals surface area contributed by atoms with Crippen LogP contribution in [0.3, 0.4) is 0 Å². The van der Waals surface area contributed by atoms with Gasteiger partial charge in [-0.2, -0.15) is 0 Å². The molecule has 4 nitrogen and oxygen atoms in total. The highest BCUT2D eigenvalue weighted by Gasteiger charge is 2.20. The summed E-state index contributed by atoms with van der Waals surface area (Å²) in [6.07, 6.45) is 4.79. The van der Waals surface area contributed by atoms with E-state index in [0.717, 1.165) is 0 Å². The largest absolute Gasteiger partial charge is 0.329 e. The topological polar surface area (TPSA) is 38.1 Å². The van der Waals surface area contributed by atoms with Gasteiger partial charge in [0.2, 0.25) is 0 Å². The molecule has 0 fully saturated rings. The molecule has 3 rings (SSSR count). The molecule has 1 aromatic heterocycles. The molecule has 0 aliphatic carbocycles. The molecule has 0 spiro atoms. The fraction of sp³-hybridized carbons (Fsp3) is 0.143. The van der Waals surface area contributed by atoms with Gasteiger partial charge in [0.1, 0.15) is 17.5 Å². The third-order valence-electron chi connectivity index (χ3n) is 4.27. The maximum Gasteiger partial charge on any atom is 0.257 e. The Bertz CT molecular complexity index is 983. The van der Waals surface area contributed by atoms with Crippen molar-refractivity contribution in [3.8, 4) is 0 Å². The standard InChI is InChI=1S/C21H18ClF2N3O/c1-2-11-27(21(28)15-6-3-4-8-18(15)23)14-20-25-10-12-26(20)13-16-17(22)7-5-9-19(16)24/h2-10,12H,1,11,13-14H2. The summed E-state index contributed by atoms with van der Waals surface area (Å²) in [6, 6.07) is 10.3. The van der Waals surface area contributed by atoms with Crippen molar-refractivity contribution in [2.24, 2.45) is 0 Å². The van der Waals surface area contributed by atoms with Crippen molar-refractivity contribution in [2.75, 3.05) is 6.54 Å². The zero-order valence-corrected chi connectivity index (χ0v) is 15.7. The summed E-state index contributed by atoms with van der Waals surface area (Å²) in [7, 11) is 0. The number of nitrogens with zero attached hydrogens (tertiary/aromatic N) is 3. The molecule has 0 saturated heterocycles. The molecule has 0 N–H and O–H groups in total. The van der Waals surface area contributed by atoms with Gasteiger partial charge in [-0.25, -0.2) is 13.8 Å². The Morgan fingerprint density at radius 1 is 1.18 bits per heavy atom. The third kappa shape index (κ3) is 4.28. The van der Waals surface area contributed by atoms with Crippen LogP contribution >= 0.6 is 11.6 Å². The van der Waals surface area contributed by atoms with Crippen LogP contribution < -0.4 is 0 Å². The van der Waals surface area contributed by atoms with Crippen LogP contribution in [0.15, 0.2) is 67.5 Å². The van der Waals surface area contributed by atoms with Crippen molar-refractivity contribution in [1.29, 1.82) is 0 Å². The summed E-state index contributed by atoms with van der Waals surface area (Å²) >= 11 is 6.11. The molecule has 1 amide bonds. The molecule has 0 unspecified atom stereocenters. The molecule has 0 aliphatic heterocycles. The van der Waals surface area contributed by atoms with Crippen LogP contribution in [-0.2, 0) is 13.1 Å². The average molecular weight is 402 g/mol. The van der Waals surface area contributed by atoms with E-state index in [1.165, 1.54) is 35.2 Å². The molecule has 28 heavy (non-hydrogen) atoms. The number of imidazole rings is 1. The van der Waals surface area contributed by atoms with Gasteiger partial charge in [0.25, 0.3) is 5.91 Å². The second-order valence-corrected chi connectivity index (χ2v) is 6.53. The van der Waals surface area contributed by atoms with E-state index in [1.807, 2.05) is 0 Å². The van der Waals surface area contributed by atoms with E-state index in [0.29, 0.717) is 16.4 Å². The van der Waals surface area contributed by atoms with Crippen molar-refractivity contribution in [3.63, 3.8) is 0 Å². The van der Waals surface area contributed by atoms with Crippen molar-refractivity contribution >= 4 is 17.5 Å². The number of halogens is 3. The van der Waals surface area contributed by atoms with Crippen LogP contribution in [0.2, 0.25) is 5.02 Å². The Hall–Kier alpha value is -2.99. The SMILES string of the molecule is C=CCN(Cc1nccn1Cc1c(F)cccc1Cl)C(=O)c1ccccc1F. The molecule has 1 heterocycles. The average Bonchev–Trinajstić information content (AvgIpc) is 3.11. The molecular formula is C21H18ClF2N3O. The highest BCUT2D eigenvalue weighted by molar-refractivity contribution is 6.31. The minimum absolute atomic E-state index is 0.0281. The van der Waals surface area contributed by atoms with Gasteiger partial charge >= 0.3 is 0 Å². The van der Waals surface area contributed by atoms with E-state index >= 15 is 0 Å². The molecule has 2 aromatic carbocycles. The van der Waals surface area contributed by atoms with Crippen LogP contribution in [0.25, 0.3) is 0 Å². The van der Waals surface area contributed by atoms with Crippen LogP contribution in [0.5, 0.6) is 0 Å². The van der Waals surface area contributed by atoms with Gasteiger partial charge in [0.15, 0.2) is 0 Å². The number of rotatable bonds is 7. The summed E-state index contributed by atoms with van der Waals surface area (Å²) in [4.78, 5) is 18.5. The second kappa shape index (κ2) is 8.80. The van der Waals surface area contributed by atoms with Crippen molar-refractivity contribution in [1.82, 2.24) is 14.5 Å². The Morgan fingerprint density at radius 2 is 1.93 bits per heavy atom. The highest BCUT2D eigenvalue weighted by atomic mass is 35.5. The summed E-state index contributed by atoms with van der Waals surface area (Å²) in [5.74, 6) is -0.970. The summed E-state index contributed by atoms with van der Waals surface area (Å²) in [6.45, 7) is 4.14. The van der Waals surface area contributed by atoms with Gasteiger partial charge in [-0.3, -0.25) is 4.79 Å². The van der Waals surface area contributed by atoms with E-state index in [1.54, 1.807) is 35.2 Å². The number of hydrogen-bond donors (Lipinski definition) is 0. The Morgan fingerprint density at radius 3 is 2.64 bits per heavy atom. The van der Waals surface area contributed by atoms with E-state index < -0.39 is 17.5 Å². The predicted molar refractivity (Wildman–Crippen MR) is 104 cm³/mol. The predicted octanol–water partition coefficient (Wildman–Crippen LogP) is 4.69. The number of carbonyl (C=O) groups is 1. The summed E-state index contributed by atoms with van der Waals surface area (Å²) < 4.78 is 29.8. The van der Waals surface area contributed by atoms with Gasteiger partial charge < -0.3 is 9.47 Å². The highest BCUT2D eigenvalue weighted by Crippen LogP contribution is 2.21. The Kier molecular flexibility index (Phi) is 6.21. The molecule has 0 saturated carbocycles. The van der Waals surface area contributed by atoms with E-state index in [9.17, 15) is 13.6 Å². The molecule has 0 atom stereocenters. The molecular weight excluding hydrogens is 384 g/mol. The minimum Gasteiger partial charge on any atom is -0.329 e. The molecule has 0 aliphatic rings. The Balaban J connectivity index is 1.86. The normalized spacial score (nSPS) is 10.7. The van der Waals surface area contributed by atoms with Crippen molar-refractivity contribution in [2.45, 2.75) is 13.1 Å². The quantitative estimate of drug-likeness (QED) is 0.538. The number of hydrogen-bond acceptors (Lipinski definition) is 2. The molecule has 144 valence electrons. The first kappa shape index (κ1) is 19.8. The van der Waals surface area contributed by atoms with Gasteiger partial charge in [0, 0.05) is 29.5 Å². The zero-order chi connectivity index (χ0) is 20.1. The lowest BCUT2D eigenvalue weighted by molar-refractivity contribution is 0.0752. The fourth-order valence-corrected chi connectivity index (χ4v) is 3.06. The van der Waals surface area contributed by atoms with E-state index in [2.05, 4.69) is 11.6 Å². The second-order valence-electron chi connectivity index (χ2n) is 6.13. The first-order valence-corrected chi connectivity index (χ1v) is 8.96. The maximum absolute atomic E-state index is 14.1. The lowest BCUT2D eigenvalue weighted by atomic mass is 10.2.